The molecule has 0 aliphatic heterocycles. The zero-order valence-corrected chi connectivity index (χ0v) is 15.3. The van der Waals surface area contributed by atoms with E-state index in [4.69, 9.17) is 0 Å². The number of aryl methyl sites for hydroxylation is 2. The minimum atomic E-state index is -0.531. The molecular weight excluding hydrogens is 346 g/mol. The first-order chi connectivity index (χ1) is 13.0. The summed E-state index contributed by atoms with van der Waals surface area (Å²) < 4.78 is 4.40. The highest BCUT2D eigenvalue weighted by Crippen LogP contribution is 2.13. The van der Waals surface area contributed by atoms with Gasteiger partial charge in [0.05, 0.1) is 0 Å². The first-order valence-electron chi connectivity index (χ1n) is 8.15. The second kappa shape index (κ2) is 9.71. The van der Waals surface area contributed by atoms with Crippen molar-refractivity contribution in [2.24, 2.45) is 4.99 Å². The first kappa shape index (κ1) is 19.6. The number of rotatable bonds is 4. The third kappa shape index (κ3) is 5.96. The molecule has 140 valence electrons. The molecule has 27 heavy (non-hydrogen) atoms. The van der Waals surface area contributed by atoms with Crippen molar-refractivity contribution in [2.75, 3.05) is 7.05 Å². The number of amidine groups is 1. The van der Waals surface area contributed by atoms with Gasteiger partial charge in [-0.2, -0.15) is 0 Å². The van der Waals surface area contributed by atoms with Crippen LogP contribution in [-0.2, 0) is 4.79 Å². The van der Waals surface area contributed by atoms with Crippen molar-refractivity contribution in [2.45, 2.75) is 13.8 Å². The summed E-state index contributed by atoms with van der Waals surface area (Å²) in [6.07, 6.45) is 0.570. The minimum Gasteiger partial charge on any atom is -0.296 e. The predicted molar refractivity (Wildman–Crippen MR) is 103 cm³/mol. The number of nitrogens with one attached hydrogen (secondary N) is 3. The van der Waals surface area contributed by atoms with Crippen molar-refractivity contribution in [3.8, 4) is 11.4 Å². The smallest absolute Gasteiger partial charge is 0.296 e. The zero-order valence-electron chi connectivity index (χ0n) is 15.3. The molecule has 3 rings (SSSR count). The van der Waals surface area contributed by atoms with Crippen LogP contribution in [0, 0.1) is 13.8 Å². The van der Waals surface area contributed by atoms with Crippen molar-refractivity contribution in [1.29, 1.82) is 0 Å². The van der Waals surface area contributed by atoms with Crippen LogP contribution in [0.25, 0.3) is 11.4 Å². The Morgan fingerprint density at radius 1 is 1.15 bits per heavy atom. The maximum Gasteiger partial charge on any atom is 0.439 e. The number of aliphatic imine (C=N–C) groups is 1. The van der Waals surface area contributed by atoms with E-state index in [1.807, 2.05) is 62.4 Å². The van der Waals surface area contributed by atoms with E-state index in [0.29, 0.717) is 18.1 Å². The molecule has 8 nitrogen and oxygen atoms in total. The van der Waals surface area contributed by atoms with Crippen LogP contribution in [0.1, 0.15) is 16.7 Å². The van der Waals surface area contributed by atoms with E-state index in [1.54, 1.807) is 7.05 Å². The number of carbonyl (C=O) groups is 1. The Morgan fingerprint density at radius 2 is 1.85 bits per heavy atom. The van der Waals surface area contributed by atoms with Gasteiger partial charge in [-0.05, 0) is 26.0 Å². The van der Waals surface area contributed by atoms with Crippen molar-refractivity contribution >= 4 is 12.2 Å². The quantitative estimate of drug-likeness (QED) is 0.282. The zero-order chi connectivity index (χ0) is 19.6. The Hall–Kier alpha value is -3.68. The van der Waals surface area contributed by atoms with Crippen LogP contribution in [0.2, 0.25) is 0 Å². The van der Waals surface area contributed by atoms with E-state index in [-0.39, 0.29) is 0 Å². The van der Waals surface area contributed by atoms with Crippen LogP contribution >= 0.6 is 0 Å². The lowest BCUT2D eigenvalue weighted by molar-refractivity contribution is -0.110. The summed E-state index contributed by atoms with van der Waals surface area (Å²) in [6.45, 7) is 3.98. The summed E-state index contributed by atoms with van der Waals surface area (Å²) in [5.41, 5.74) is 9.11. The molecule has 0 saturated carbocycles. The molecular formula is C19H21N5O3. The fourth-order valence-electron chi connectivity index (χ4n) is 2.29. The van der Waals surface area contributed by atoms with Gasteiger partial charge in [0.1, 0.15) is 5.84 Å². The third-order valence-electron chi connectivity index (χ3n) is 3.50. The molecule has 0 aliphatic carbocycles. The molecule has 1 heterocycles. The van der Waals surface area contributed by atoms with Gasteiger partial charge >= 0.3 is 5.76 Å². The van der Waals surface area contributed by atoms with Crippen LogP contribution in [0.15, 0.2) is 62.8 Å². The van der Waals surface area contributed by atoms with E-state index < -0.39 is 5.76 Å². The average Bonchev–Trinajstić information content (AvgIpc) is 3.10. The van der Waals surface area contributed by atoms with E-state index in [0.717, 1.165) is 22.3 Å². The summed E-state index contributed by atoms with van der Waals surface area (Å²) in [5.74, 6) is 0.575. The fourth-order valence-corrected chi connectivity index (χ4v) is 2.29. The predicted octanol–water partition coefficient (Wildman–Crippen LogP) is 1.96. The number of H-pyrrole nitrogens is 1. The third-order valence-corrected chi connectivity index (χ3v) is 3.50. The lowest BCUT2D eigenvalue weighted by Gasteiger charge is -2.07. The monoisotopic (exact) mass is 367 g/mol. The number of nitrogens with zero attached hydrogens (tertiary/aromatic N) is 2. The van der Waals surface area contributed by atoms with Gasteiger partial charge in [0, 0.05) is 18.2 Å². The summed E-state index contributed by atoms with van der Waals surface area (Å²) in [6, 6.07) is 15.5. The second-order valence-corrected chi connectivity index (χ2v) is 5.64. The number of hydrazine groups is 1. The number of hydrogen-bond acceptors (Lipinski definition) is 5. The molecule has 0 spiro atoms. The Bertz CT molecular complexity index is 975. The second-order valence-electron chi connectivity index (χ2n) is 5.64. The van der Waals surface area contributed by atoms with Gasteiger partial charge in [-0.3, -0.25) is 30.1 Å². The number of aromatic nitrogens is 2. The average molecular weight is 367 g/mol. The topological polar surface area (TPSA) is 112 Å². The SMILES string of the molecule is CN=C(NNC=O)c1cccc(C)c1.Cc1cccc(-c2noc(=O)[nH]2)c1. The number of amides is 1. The molecule has 0 fully saturated rings. The molecule has 3 aromatic rings. The normalized spacial score (nSPS) is 10.6. The van der Waals surface area contributed by atoms with E-state index >= 15 is 0 Å². The van der Waals surface area contributed by atoms with E-state index in [1.165, 1.54) is 0 Å². The van der Waals surface area contributed by atoms with Gasteiger partial charge in [0.2, 0.25) is 6.41 Å². The maximum absolute atomic E-state index is 10.7. The molecule has 0 radical (unpaired) electrons. The van der Waals surface area contributed by atoms with E-state index in [2.05, 4.69) is 30.5 Å². The van der Waals surface area contributed by atoms with Crippen molar-refractivity contribution in [3.63, 3.8) is 0 Å². The highest BCUT2D eigenvalue weighted by atomic mass is 16.5. The Labute approximate surface area is 156 Å². The first-order valence-corrected chi connectivity index (χ1v) is 8.15. The van der Waals surface area contributed by atoms with Gasteiger partial charge in [0.15, 0.2) is 5.82 Å². The Kier molecular flexibility index (Phi) is 7.07. The van der Waals surface area contributed by atoms with E-state index in [9.17, 15) is 9.59 Å². The summed E-state index contributed by atoms with van der Waals surface area (Å²) in [5, 5.41) is 3.58. The molecule has 8 heteroatoms. The molecule has 0 aliphatic rings. The fraction of sp³-hybridized carbons (Fsp3) is 0.158. The largest absolute Gasteiger partial charge is 0.439 e. The van der Waals surface area contributed by atoms with Gasteiger partial charge in [-0.15, -0.1) is 0 Å². The van der Waals surface area contributed by atoms with Crippen molar-refractivity contribution in [3.05, 3.63) is 75.8 Å². The molecule has 2 aromatic carbocycles. The molecule has 0 atom stereocenters. The molecule has 1 aromatic heterocycles. The van der Waals surface area contributed by atoms with Crippen molar-refractivity contribution in [1.82, 2.24) is 21.0 Å². The highest BCUT2D eigenvalue weighted by Gasteiger charge is 2.03. The van der Waals surface area contributed by atoms with Crippen LogP contribution < -0.4 is 16.6 Å². The lowest BCUT2D eigenvalue weighted by Crippen LogP contribution is -2.36. The number of carbonyl (C=O) groups excluding carboxylic acids is 1. The number of aromatic amines is 1. The van der Waals surface area contributed by atoms with Gasteiger partial charge in [0.25, 0.3) is 0 Å². The molecule has 1 amide bonds. The van der Waals surface area contributed by atoms with Crippen LogP contribution in [0.5, 0.6) is 0 Å². The summed E-state index contributed by atoms with van der Waals surface area (Å²) in [7, 11) is 1.66. The Balaban J connectivity index is 0.000000194. The van der Waals surface area contributed by atoms with Crippen LogP contribution in [0.3, 0.4) is 0 Å². The summed E-state index contributed by atoms with van der Waals surface area (Å²) >= 11 is 0. The molecule has 0 bridgehead atoms. The number of benzene rings is 2. The van der Waals surface area contributed by atoms with Crippen LogP contribution in [-0.4, -0.2) is 29.4 Å². The lowest BCUT2D eigenvalue weighted by atomic mass is 10.1. The molecule has 0 saturated heterocycles. The van der Waals surface area contributed by atoms with Gasteiger partial charge in [-0.25, -0.2) is 4.79 Å². The number of hydrogen-bond donors (Lipinski definition) is 3. The summed E-state index contributed by atoms with van der Waals surface area (Å²) in [4.78, 5) is 27.3. The van der Waals surface area contributed by atoms with Crippen molar-refractivity contribution < 1.29 is 9.32 Å². The van der Waals surface area contributed by atoms with Crippen LogP contribution in [0.4, 0.5) is 0 Å². The molecule has 3 N–H and O–H groups in total. The highest BCUT2D eigenvalue weighted by molar-refractivity contribution is 5.99. The standard InChI is InChI=1S/C10H13N3O.C9H8N2O2/c1-8-4-3-5-9(6-8)10(11-2)13-12-7-14;1-6-3-2-4-7(5-6)8-10-9(12)13-11-8/h3-7H,1-2H3,(H,11,13)(H,12,14);2-5H,1H3,(H,10,11,12). The Morgan fingerprint density at radius 3 is 2.41 bits per heavy atom. The maximum atomic E-state index is 10.7. The minimum absolute atomic E-state index is 0.466. The van der Waals surface area contributed by atoms with Gasteiger partial charge < -0.3 is 0 Å². The molecule has 0 unspecified atom stereocenters. The van der Waals surface area contributed by atoms with Gasteiger partial charge in [-0.1, -0.05) is 52.7 Å².